The van der Waals surface area contributed by atoms with E-state index in [1.54, 1.807) is 6.07 Å². The van der Waals surface area contributed by atoms with Crippen LogP contribution in [0.5, 0.6) is 11.5 Å². The maximum absolute atomic E-state index is 14.5. The standard InChI is InChI=1S/C70H94N4O7/c1-4-5-8-15-44-24-27-49(63(76)36-44)18-13-14-19-50-28-29-54(62-41-56(48-16-9-6-10-17-48)67(74-62)58-39-53(75)40-64(77)57(58)35-45-22-25-47(26-23-45)43(2)3)60-38-51(34-46-32-33-72-65(71)37-46)59-31-30-55(68(78)66(50)69(79)80)61(70(59,60)81)42-73-52-20-11-7-12-21-52/h6,9-10,16-17,22-27,30-32,37,39-41,43-44,49-52,54-55,59-61,63,66,68,72-78,81H,4-5,7-8,11-15,18-21,28-29,33-36,38,42,71H2,1-3H3,(H,79,80)/t44-,49-,50-,51+,54+,55-,59+,60-,61-,63-,66-,68+,70+/m1/s1. The first kappa shape index (κ1) is 58.6. The van der Waals surface area contributed by atoms with Crippen LogP contribution in [0.4, 0.5) is 0 Å². The van der Waals surface area contributed by atoms with Crippen molar-refractivity contribution in [2.24, 2.45) is 59.0 Å². The van der Waals surface area contributed by atoms with Crippen LogP contribution in [-0.4, -0.2) is 78.5 Å². The van der Waals surface area contributed by atoms with E-state index < -0.39 is 35.4 Å². The number of benzene rings is 3. The van der Waals surface area contributed by atoms with Crippen molar-refractivity contribution in [2.45, 2.75) is 178 Å². The maximum Gasteiger partial charge on any atom is 0.309 e. The van der Waals surface area contributed by atoms with Crippen molar-refractivity contribution < 1.29 is 35.4 Å². The molecule has 436 valence electrons. The summed E-state index contributed by atoms with van der Waals surface area (Å²) in [5.74, 6) is -3.03. The van der Waals surface area contributed by atoms with Crippen LogP contribution in [0.25, 0.3) is 22.4 Å². The van der Waals surface area contributed by atoms with Gasteiger partial charge in [0.25, 0.3) is 0 Å². The van der Waals surface area contributed by atoms with Crippen LogP contribution >= 0.6 is 0 Å². The Hall–Kier alpha value is -5.59. The van der Waals surface area contributed by atoms with E-state index in [1.165, 1.54) is 37.3 Å². The van der Waals surface area contributed by atoms with E-state index in [0.29, 0.717) is 80.4 Å². The van der Waals surface area contributed by atoms with Crippen LogP contribution in [-0.2, 0) is 11.2 Å². The number of rotatable bonds is 21. The smallest absolute Gasteiger partial charge is 0.309 e. The molecule has 13 atom stereocenters. The van der Waals surface area contributed by atoms with E-state index in [1.807, 2.05) is 24.3 Å². The van der Waals surface area contributed by atoms with Crippen LogP contribution in [0.3, 0.4) is 0 Å². The second-order valence-electron chi connectivity index (χ2n) is 25.9. The number of phenols is 2. The van der Waals surface area contributed by atoms with Gasteiger partial charge in [-0.1, -0.05) is 157 Å². The Kier molecular flexibility index (Phi) is 19.0. The molecular weight excluding hydrogens is 1010 g/mol. The van der Waals surface area contributed by atoms with Crippen LogP contribution in [0, 0.1) is 53.3 Å². The van der Waals surface area contributed by atoms with E-state index in [2.05, 4.69) is 109 Å². The summed E-state index contributed by atoms with van der Waals surface area (Å²) in [4.78, 5) is 18.1. The zero-order chi connectivity index (χ0) is 56.8. The van der Waals surface area contributed by atoms with Gasteiger partial charge in [0.1, 0.15) is 11.5 Å². The molecule has 3 aromatic carbocycles. The molecule has 0 radical (unpaired) electrons. The quantitative estimate of drug-likeness (QED) is 0.0282. The average molecular weight is 1100 g/mol. The molecule has 0 spiro atoms. The van der Waals surface area contributed by atoms with Gasteiger partial charge in [-0.3, -0.25) is 4.79 Å². The number of phenolic OH excluding ortho intramolecular Hbond substituents is 2. The number of aliphatic hydroxyl groups excluding tert-OH is 2. The molecule has 3 saturated carbocycles. The lowest BCUT2D eigenvalue weighted by molar-refractivity contribution is -0.160. The zero-order valence-corrected chi connectivity index (χ0v) is 48.5. The first-order valence-corrected chi connectivity index (χ1v) is 31.4. The fourth-order valence-corrected chi connectivity index (χ4v) is 16.1. The van der Waals surface area contributed by atoms with Crippen LogP contribution < -0.4 is 16.4 Å². The monoisotopic (exact) mass is 1100 g/mol. The van der Waals surface area contributed by atoms with Crippen molar-refractivity contribution in [3.63, 3.8) is 0 Å². The first-order chi connectivity index (χ1) is 39.2. The highest BCUT2D eigenvalue weighted by Gasteiger charge is 2.63. The third-order valence-corrected chi connectivity index (χ3v) is 20.5. The molecule has 10 rings (SSSR count). The van der Waals surface area contributed by atoms with Gasteiger partial charge in [-0.15, -0.1) is 0 Å². The third kappa shape index (κ3) is 13.1. The molecule has 4 aromatic rings. The number of aliphatic hydroxyl groups is 3. The SMILES string of the molecule is CCCCC[C@@H]1C=C[C@@H](CCCC[C@@H]2CC[C@H](c3cc(-c4ccccc4)c(-c4cc(O)cc(O)c4Cc4ccc(C(C)C)cc4)[nH]3)[C@H]3C[C@H](CC4=CCNC(N)=C4)[C@@H]4C=C[C@@H]([C@H](O)[C@@H]2C(=O)O)[C@@H](CNC2CCCCC2)[C@@]34O)[C@H](O)C1. The van der Waals surface area contributed by atoms with Crippen molar-refractivity contribution in [1.29, 1.82) is 0 Å². The van der Waals surface area contributed by atoms with E-state index in [9.17, 15) is 35.4 Å². The van der Waals surface area contributed by atoms with Crippen molar-refractivity contribution in [2.75, 3.05) is 13.1 Å². The maximum atomic E-state index is 14.5. The highest BCUT2D eigenvalue weighted by atomic mass is 16.4. The number of nitrogens with one attached hydrogen (secondary N) is 3. The number of dihydropyridines is 1. The average Bonchev–Trinajstić information content (AvgIpc) is 4.27. The number of carboxylic acids is 1. The van der Waals surface area contributed by atoms with Crippen molar-refractivity contribution in [3.8, 4) is 33.9 Å². The van der Waals surface area contributed by atoms with Crippen LogP contribution in [0.15, 0.2) is 121 Å². The molecule has 0 amide bonds. The Balaban J connectivity index is 1.08. The molecular formula is C70H94N4O7. The fraction of sp³-hybridized carbons (Fsp3) is 0.557. The summed E-state index contributed by atoms with van der Waals surface area (Å²) in [5.41, 5.74) is 13.3. The summed E-state index contributed by atoms with van der Waals surface area (Å²) in [6, 6.07) is 24.4. The normalized spacial score (nSPS) is 30.5. The van der Waals surface area contributed by atoms with E-state index >= 15 is 0 Å². The van der Waals surface area contributed by atoms with Crippen molar-refractivity contribution in [3.05, 3.63) is 143 Å². The van der Waals surface area contributed by atoms with Crippen LogP contribution in [0.1, 0.15) is 171 Å². The summed E-state index contributed by atoms with van der Waals surface area (Å²) >= 11 is 0. The van der Waals surface area contributed by atoms with Gasteiger partial charge >= 0.3 is 5.97 Å². The predicted molar refractivity (Wildman–Crippen MR) is 324 cm³/mol. The minimum Gasteiger partial charge on any atom is -0.508 e. The molecule has 3 fully saturated rings. The van der Waals surface area contributed by atoms with Crippen molar-refractivity contribution in [1.82, 2.24) is 15.6 Å². The topological polar surface area (TPSA) is 204 Å². The minimum absolute atomic E-state index is 0.000410. The highest BCUT2D eigenvalue weighted by molar-refractivity contribution is 5.85. The lowest BCUT2D eigenvalue weighted by Gasteiger charge is -2.52. The Morgan fingerprint density at radius 1 is 0.827 bits per heavy atom. The molecule has 0 saturated heterocycles. The van der Waals surface area contributed by atoms with E-state index in [-0.39, 0.29) is 59.2 Å². The summed E-state index contributed by atoms with van der Waals surface area (Å²) in [6.45, 7) is 7.64. The van der Waals surface area contributed by atoms with Gasteiger partial charge < -0.3 is 52.0 Å². The molecule has 0 unspecified atom stereocenters. The van der Waals surface area contributed by atoms with Gasteiger partial charge in [-0.25, -0.2) is 0 Å². The van der Waals surface area contributed by atoms with Gasteiger partial charge in [0.05, 0.1) is 35.2 Å². The highest BCUT2D eigenvalue weighted by Crippen LogP contribution is 2.62. The lowest BCUT2D eigenvalue weighted by atomic mass is 9.57. The van der Waals surface area contributed by atoms with Gasteiger partial charge in [0.2, 0.25) is 0 Å². The molecule has 1 aromatic heterocycles. The Morgan fingerprint density at radius 2 is 1.59 bits per heavy atom. The number of fused-ring (bicyclic) bond motifs is 1. The molecule has 11 heteroatoms. The summed E-state index contributed by atoms with van der Waals surface area (Å²) < 4.78 is 0. The summed E-state index contributed by atoms with van der Waals surface area (Å²) in [7, 11) is 0. The predicted octanol–water partition coefficient (Wildman–Crippen LogP) is 13.2. The molecule has 6 aliphatic rings. The molecule has 5 aliphatic carbocycles. The molecule has 2 heterocycles. The molecule has 81 heavy (non-hydrogen) atoms. The number of allylic oxidation sites excluding steroid dienone is 3. The van der Waals surface area contributed by atoms with Gasteiger partial charge in [-0.2, -0.15) is 0 Å². The number of aromatic nitrogens is 1. The number of aromatic amines is 1. The third-order valence-electron chi connectivity index (χ3n) is 20.5. The summed E-state index contributed by atoms with van der Waals surface area (Å²) in [6.07, 6.45) is 28.3. The number of aliphatic carboxylic acids is 1. The van der Waals surface area contributed by atoms with Gasteiger partial charge in [0.15, 0.2) is 0 Å². The lowest BCUT2D eigenvalue weighted by Crippen LogP contribution is -2.60. The number of nitrogens with two attached hydrogens (primary N) is 1. The zero-order valence-electron chi connectivity index (χ0n) is 48.5. The number of hydrogen-bond donors (Lipinski definition) is 10. The van der Waals surface area contributed by atoms with Crippen LogP contribution in [0.2, 0.25) is 0 Å². The number of carboxylic acid groups (broad SMARTS) is 1. The first-order valence-electron chi connectivity index (χ1n) is 31.4. The molecule has 2 bridgehead atoms. The number of hydrogen-bond acceptors (Lipinski definition) is 9. The second kappa shape index (κ2) is 26.3. The number of aromatic hydroxyl groups is 2. The number of H-pyrrole nitrogens is 1. The largest absolute Gasteiger partial charge is 0.508 e. The summed E-state index contributed by atoms with van der Waals surface area (Å²) in [5, 5.41) is 80.8. The van der Waals surface area contributed by atoms with Crippen molar-refractivity contribution >= 4 is 5.97 Å². The fourth-order valence-electron chi connectivity index (χ4n) is 16.1. The molecule has 11 N–H and O–H groups in total. The molecule has 11 nitrogen and oxygen atoms in total. The Labute approximate surface area is 482 Å². The van der Waals surface area contributed by atoms with Gasteiger partial charge in [0, 0.05) is 83.6 Å². The van der Waals surface area contributed by atoms with E-state index in [4.69, 9.17) is 5.73 Å². The number of unbranched alkanes of at least 4 members (excludes halogenated alkanes) is 3. The second-order valence-corrected chi connectivity index (χ2v) is 25.9. The Bertz CT molecular complexity index is 2860. The number of carbonyl (C=O) groups is 1. The molecule has 1 aliphatic heterocycles. The van der Waals surface area contributed by atoms with Gasteiger partial charge in [-0.05, 0) is 134 Å². The minimum atomic E-state index is -1.35. The van der Waals surface area contributed by atoms with E-state index in [0.717, 1.165) is 91.4 Å². The Morgan fingerprint density at radius 3 is 2.32 bits per heavy atom.